The number of hydrogen-bond acceptors (Lipinski definition) is 3. The number of likely N-dealkylation sites (tertiary alicyclic amines) is 1. The topological polar surface area (TPSA) is 74.3 Å². The fourth-order valence-electron chi connectivity index (χ4n) is 2.48. The quantitative estimate of drug-likeness (QED) is 0.835. The molecule has 6 heteroatoms. The number of nitrogens with one attached hydrogen (secondary N) is 2. The molecule has 3 amide bonds. The van der Waals surface area contributed by atoms with Crippen molar-refractivity contribution in [3.63, 3.8) is 0 Å². The molecule has 1 aliphatic rings. The lowest BCUT2D eigenvalue weighted by Gasteiger charge is -2.32. The van der Waals surface area contributed by atoms with Gasteiger partial charge in [-0.1, -0.05) is 12.1 Å². The zero-order chi connectivity index (χ0) is 15.9. The Kier molecular flexibility index (Phi) is 5.52. The van der Waals surface area contributed by atoms with E-state index in [2.05, 4.69) is 22.2 Å². The minimum absolute atomic E-state index is 0.0805. The average Bonchev–Trinajstić information content (AvgIpc) is 2.54. The van der Waals surface area contributed by atoms with Gasteiger partial charge in [0.2, 0.25) is 5.91 Å². The number of urea groups is 1. The van der Waals surface area contributed by atoms with Crippen LogP contribution in [0.2, 0.25) is 0 Å². The molecule has 1 aromatic rings. The number of anilines is 1. The maximum Gasteiger partial charge on any atom is 0.317 e. The molecule has 1 fully saturated rings. The van der Waals surface area contributed by atoms with Gasteiger partial charge in [0.25, 0.3) is 0 Å². The van der Waals surface area contributed by atoms with Crippen LogP contribution in [0.3, 0.4) is 0 Å². The van der Waals surface area contributed by atoms with Gasteiger partial charge in [0.1, 0.15) is 5.82 Å². The Balaban J connectivity index is 1.94. The molecule has 1 saturated heterocycles. The van der Waals surface area contributed by atoms with Crippen LogP contribution in [0.4, 0.5) is 10.6 Å². The van der Waals surface area contributed by atoms with E-state index in [9.17, 15) is 9.59 Å². The molecular formula is C16H22N4O2. The van der Waals surface area contributed by atoms with Gasteiger partial charge in [-0.25, -0.2) is 9.78 Å². The number of piperidine rings is 1. The predicted octanol–water partition coefficient (Wildman–Crippen LogP) is 1.94. The van der Waals surface area contributed by atoms with Crippen LogP contribution in [0.5, 0.6) is 0 Å². The van der Waals surface area contributed by atoms with Crippen molar-refractivity contribution in [3.8, 4) is 0 Å². The standard InChI is InChI=1S/C16H22N4O2/c1-3-8-18-16(22)20-10-5-7-13(11-20)15(21)19-14-12(2)6-4-9-17-14/h3-4,6,9,13H,1,5,7-8,10-11H2,2H3,(H,18,22)(H,17,19,21). The van der Waals surface area contributed by atoms with Crippen LogP contribution in [0.25, 0.3) is 0 Å². The van der Waals surface area contributed by atoms with Crippen molar-refractivity contribution < 1.29 is 9.59 Å². The summed E-state index contributed by atoms with van der Waals surface area (Å²) in [5.74, 6) is 0.299. The second kappa shape index (κ2) is 7.59. The second-order valence-electron chi connectivity index (χ2n) is 5.42. The minimum Gasteiger partial charge on any atom is -0.335 e. The van der Waals surface area contributed by atoms with Gasteiger partial charge >= 0.3 is 6.03 Å². The maximum atomic E-state index is 12.4. The molecule has 1 unspecified atom stereocenters. The number of hydrogen-bond donors (Lipinski definition) is 2. The normalized spacial score (nSPS) is 17.7. The van der Waals surface area contributed by atoms with Crippen molar-refractivity contribution >= 4 is 17.8 Å². The van der Waals surface area contributed by atoms with Crippen molar-refractivity contribution in [2.75, 3.05) is 25.0 Å². The molecule has 2 heterocycles. The van der Waals surface area contributed by atoms with E-state index in [-0.39, 0.29) is 17.9 Å². The molecule has 1 aliphatic heterocycles. The van der Waals surface area contributed by atoms with Crippen molar-refractivity contribution in [1.29, 1.82) is 0 Å². The fraction of sp³-hybridized carbons (Fsp3) is 0.438. The van der Waals surface area contributed by atoms with Crippen LogP contribution in [0.15, 0.2) is 31.0 Å². The van der Waals surface area contributed by atoms with E-state index < -0.39 is 0 Å². The number of aromatic nitrogens is 1. The van der Waals surface area contributed by atoms with Gasteiger partial charge in [0, 0.05) is 25.8 Å². The minimum atomic E-state index is -0.204. The molecule has 0 aliphatic carbocycles. The molecule has 0 saturated carbocycles. The van der Waals surface area contributed by atoms with E-state index in [1.807, 2.05) is 19.1 Å². The third-order valence-corrected chi connectivity index (χ3v) is 3.73. The highest BCUT2D eigenvalue weighted by atomic mass is 16.2. The van der Waals surface area contributed by atoms with E-state index in [0.29, 0.717) is 25.5 Å². The number of carbonyl (C=O) groups excluding carboxylic acids is 2. The van der Waals surface area contributed by atoms with Gasteiger partial charge in [0.15, 0.2) is 0 Å². The first-order valence-electron chi connectivity index (χ1n) is 7.48. The summed E-state index contributed by atoms with van der Waals surface area (Å²) in [7, 11) is 0. The van der Waals surface area contributed by atoms with Crippen LogP contribution in [-0.2, 0) is 4.79 Å². The van der Waals surface area contributed by atoms with Gasteiger partial charge in [-0.05, 0) is 31.4 Å². The van der Waals surface area contributed by atoms with Crippen molar-refractivity contribution in [3.05, 3.63) is 36.5 Å². The zero-order valence-corrected chi connectivity index (χ0v) is 12.8. The van der Waals surface area contributed by atoms with E-state index >= 15 is 0 Å². The largest absolute Gasteiger partial charge is 0.335 e. The number of rotatable bonds is 4. The monoisotopic (exact) mass is 302 g/mol. The van der Waals surface area contributed by atoms with Crippen LogP contribution < -0.4 is 10.6 Å². The van der Waals surface area contributed by atoms with Crippen LogP contribution in [0, 0.1) is 12.8 Å². The number of carbonyl (C=O) groups is 2. The number of aryl methyl sites for hydroxylation is 1. The average molecular weight is 302 g/mol. The SMILES string of the molecule is C=CCNC(=O)N1CCCC(C(=O)Nc2ncccc2C)C1. The Labute approximate surface area is 130 Å². The third-order valence-electron chi connectivity index (χ3n) is 3.73. The maximum absolute atomic E-state index is 12.4. The molecule has 0 bridgehead atoms. The highest BCUT2D eigenvalue weighted by Gasteiger charge is 2.28. The van der Waals surface area contributed by atoms with Crippen molar-refractivity contribution in [1.82, 2.24) is 15.2 Å². The Morgan fingerprint density at radius 1 is 1.55 bits per heavy atom. The summed E-state index contributed by atoms with van der Waals surface area (Å²) in [4.78, 5) is 30.2. The molecule has 0 spiro atoms. The van der Waals surface area contributed by atoms with Crippen LogP contribution >= 0.6 is 0 Å². The number of amides is 3. The predicted molar refractivity (Wildman–Crippen MR) is 85.5 cm³/mol. The molecule has 2 rings (SSSR count). The Bertz CT molecular complexity index is 559. The molecule has 6 nitrogen and oxygen atoms in total. The number of pyridine rings is 1. The van der Waals surface area contributed by atoms with E-state index in [1.165, 1.54) is 0 Å². The lowest BCUT2D eigenvalue weighted by atomic mass is 9.97. The first-order chi connectivity index (χ1) is 10.6. The Morgan fingerprint density at radius 2 is 2.36 bits per heavy atom. The van der Waals surface area contributed by atoms with Crippen LogP contribution in [0.1, 0.15) is 18.4 Å². The van der Waals surface area contributed by atoms with Gasteiger partial charge in [0.05, 0.1) is 5.92 Å². The first-order valence-corrected chi connectivity index (χ1v) is 7.48. The lowest BCUT2D eigenvalue weighted by Crippen LogP contribution is -2.48. The highest BCUT2D eigenvalue weighted by Crippen LogP contribution is 2.19. The molecule has 0 radical (unpaired) electrons. The summed E-state index contributed by atoms with van der Waals surface area (Å²) in [5, 5.41) is 5.60. The van der Waals surface area contributed by atoms with Crippen LogP contribution in [-0.4, -0.2) is 41.5 Å². The van der Waals surface area contributed by atoms with E-state index in [1.54, 1.807) is 17.2 Å². The van der Waals surface area contributed by atoms with Crippen molar-refractivity contribution in [2.24, 2.45) is 5.92 Å². The molecule has 118 valence electrons. The Hall–Kier alpha value is -2.37. The lowest BCUT2D eigenvalue weighted by molar-refractivity contribution is -0.121. The van der Waals surface area contributed by atoms with Gasteiger partial charge in [-0.3, -0.25) is 4.79 Å². The van der Waals surface area contributed by atoms with Crippen molar-refractivity contribution in [2.45, 2.75) is 19.8 Å². The summed E-state index contributed by atoms with van der Waals surface area (Å²) >= 11 is 0. The number of nitrogens with zero attached hydrogens (tertiary/aromatic N) is 2. The molecule has 22 heavy (non-hydrogen) atoms. The fourth-order valence-corrected chi connectivity index (χ4v) is 2.48. The van der Waals surface area contributed by atoms with Gasteiger partial charge in [-0.2, -0.15) is 0 Å². The summed E-state index contributed by atoms with van der Waals surface area (Å²) in [6.07, 6.45) is 4.89. The van der Waals surface area contributed by atoms with Gasteiger partial charge in [-0.15, -0.1) is 6.58 Å². The molecule has 2 N–H and O–H groups in total. The molecule has 1 aromatic heterocycles. The second-order valence-corrected chi connectivity index (χ2v) is 5.42. The first kappa shape index (κ1) is 16.0. The molecule has 1 atom stereocenters. The smallest absolute Gasteiger partial charge is 0.317 e. The Morgan fingerprint density at radius 3 is 3.09 bits per heavy atom. The summed E-state index contributed by atoms with van der Waals surface area (Å²) in [6, 6.07) is 3.59. The van der Waals surface area contributed by atoms with Gasteiger partial charge < -0.3 is 15.5 Å². The zero-order valence-electron chi connectivity index (χ0n) is 12.8. The molecule has 0 aromatic carbocycles. The highest BCUT2D eigenvalue weighted by molar-refractivity contribution is 5.92. The summed E-state index contributed by atoms with van der Waals surface area (Å²) in [5.41, 5.74) is 0.923. The van der Waals surface area contributed by atoms with E-state index in [0.717, 1.165) is 18.4 Å². The third kappa shape index (κ3) is 4.07. The molecular weight excluding hydrogens is 280 g/mol. The summed E-state index contributed by atoms with van der Waals surface area (Å²) in [6.45, 7) is 7.01. The summed E-state index contributed by atoms with van der Waals surface area (Å²) < 4.78 is 0. The van der Waals surface area contributed by atoms with E-state index in [4.69, 9.17) is 0 Å².